The number of hydrogen-bond acceptors (Lipinski definition) is 3. The van der Waals surface area contributed by atoms with Crippen molar-refractivity contribution >= 4 is 23.5 Å². The molecule has 6 nitrogen and oxygen atoms in total. The Balaban J connectivity index is 1.68. The van der Waals surface area contributed by atoms with Crippen molar-refractivity contribution in [3.63, 3.8) is 0 Å². The first kappa shape index (κ1) is 22.5. The summed E-state index contributed by atoms with van der Waals surface area (Å²) in [5.74, 6) is -0.0330. The molecule has 0 aromatic heterocycles. The number of anilines is 1. The van der Waals surface area contributed by atoms with Gasteiger partial charge in [0.05, 0.1) is 0 Å². The van der Waals surface area contributed by atoms with Gasteiger partial charge in [-0.2, -0.15) is 0 Å². The highest BCUT2D eigenvalue weighted by Crippen LogP contribution is 2.30. The van der Waals surface area contributed by atoms with E-state index in [1.165, 1.54) is 5.56 Å². The molecule has 3 rings (SSSR count). The quantitative estimate of drug-likeness (QED) is 0.635. The first-order valence-corrected chi connectivity index (χ1v) is 10.8. The van der Waals surface area contributed by atoms with E-state index in [0.29, 0.717) is 23.1 Å². The summed E-state index contributed by atoms with van der Waals surface area (Å²) in [4.78, 5) is 39.1. The molecule has 0 radical (unpaired) electrons. The van der Waals surface area contributed by atoms with E-state index in [0.717, 1.165) is 16.9 Å². The Morgan fingerprint density at radius 2 is 1.58 bits per heavy atom. The molecule has 0 saturated carbocycles. The van der Waals surface area contributed by atoms with Gasteiger partial charge in [0.1, 0.15) is 12.1 Å². The van der Waals surface area contributed by atoms with Crippen LogP contribution < -0.4 is 10.6 Å². The van der Waals surface area contributed by atoms with E-state index in [2.05, 4.69) is 38.3 Å². The monoisotopic (exact) mass is 421 g/mol. The summed E-state index contributed by atoms with van der Waals surface area (Å²) in [6.45, 7) is 9.80. The lowest BCUT2D eigenvalue weighted by Gasteiger charge is -2.22. The third-order valence-electron chi connectivity index (χ3n) is 6.11. The second kappa shape index (κ2) is 8.92. The molecule has 0 unspecified atom stereocenters. The number of carbonyl (C=O) groups is 3. The van der Waals surface area contributed by atoms with E-state index in [9.17, 15) is 14.4 Å². The van der Waals surface area contributed by atoms with Gasteiger partial charge in [-0.1, -0.05) is 64.1 Å². The molecule has 1 aliphatic rings. The molecule has 4 amide bonds. The average molecular weight is 422 g/mol. The van der Waals surface area contributed by atoms with Crippen LogP contribution in [0.25, 0.3) is 0 Å². The molecule has 0 spiro atoms. The summed E-state index contributed by atoms with van der Waals surface area (Å²) in [5, 5.41) is 5.52. The number of nitrogens with zero attached hydrogens (tertiary/aromatic N) is 1. The number of benzene rings is 2. The highest BCUT2D eigenvalue weighted by atomic mass is 16.2. The molecular weight excluding hydrogens is 390 g/mol. The highest BCUT2D eigenvalue weighted by molar-refractivity contribution is 6.10. The Kier molecular flexibility index (Phi) is 6.48. The van der Waals surface area contributed by atoms with E-state index < -0.39 is 23.4 Å². The second-order valence-electron chi connectivity index (χ2n) is 8.70. The maximum Gasteiger partial charge on any atom is 0.325 e. The molecule has 1 fully saturated rings. The van der Waals surface area contributed by atoms with Crippen LogP contribution in [0.3, 0.4) is 0 Å². The molecule has 2 aromatic carbocycles. The Morgan fingerprint density at radius 1 is 1.00 bits per heavy atom. The number of carbonyl (C=O) groups excluding carboxylic acids is 3. The molecule has 2 N–H and O–H groups in total. The zero-order chi connectivity index (χ0) is 22.8. The first-order valence-electron chi connectivity index (χ1n) is 10.8. The minimum atomic E-state index is -1.19. The maximum atomic E-state index is 13.1. The SMILES string of the molecule is CC[C@H](C)c1ccc(NC(=O)CN2C(=O)N[C@@](C)(c3ccc(C(C)C)cc3)C2=O)cc1. The van der Waals surface area contributed by atoms with Gasteiger partial charge in [-0.3, -0.25) is 14.5 Å². The van der Waals surface area contributed by atoms with Crippen molar-refractivity contribution in [3.05, 3.63) is 65.2 Å². The zero-order valence-electron chi connectivity index (χ0n) is 18.9. The van der Waals surface area contributed by atoms with Crippen molar-refractivity contribution in [2.45, 2.75) is 58.4 Å². The van der Waals surface area contributed by atoms with Gasteiger partial charge in [0, 0.05) is 5.69 Å². The molecule has 1 saturated heterocycles. The van der Waals surface area contributed by atoms with Crippen LogP contribution in [0, 0.1) is 0 Å². The third kappa shape index (κ3) is 4.63. The molecule has 31 heavy (non-hydrogen) atoms. The van der Waals surface area contributed by atoms with E-state index in [1.807, 2.05) is 48.5 Å². The molecule has 164 valence electrons. The predicted molar refractivity (Wildman–Crippen MR) is 122 cm³/mol. The van der Waals surface area contributed by atoms with Crippen LogP contribution >= 0.6 is 0 Å². The van der Waals surface area contributed by atoms with E-state index in [4.69, 9.17) is 0 Å². The van der Waals surface area contributed by atoms with Gasteiger partial charge in [0.2, 0.25) is 5.91 Å². The van der Waals surface area contributed by atoms with E-state index >= 15 is 0 Å². The van der Waals surface area contributed by atoms with Crippen molar-refractivity contribution in [2.75, 3.05) is 11.9 Å². The van der Waals surface area contributed by atoms with Gasteiger partial charge in [-0.25, -0.2) is 4.79 Å². The Morgan fingerprint density at radius 3 is 2.13 bits per heavy atom. The fraction of sp³-hybridized carbons (Fsp3) is 0.400. The Bertz CT molecular complexity index is 967. The summed E-state index contributed by atoms with van der Waals surface area (Å²) in [6.07, 6.45) is 1.04. The number of amides is 4. The molecule has 2 aromatic rings. The van der Waals surface area contributed by atoms with Crippen LogP contribution in [0.15, 0.2) is 48.5 Å². The zero-order valence-corrected chi connectivity index (χ0v) is 18.9. The fourth-order valence-corrected chi connectivity index (χ4v) is 3.71. The summed E-state index contributed by atoms with van der Waals surface area (Å²) in [5.41, 5.74) is 2.49. The molecule has 1 heterocycles. The fourth-order valence-electron chi connectivity index (χ4n) is 3.71. The summed E-state index contributed by atoms with van der Waals surface area (Å²) in [7, 11) is 0. The average Bonchev–Trinajstić information content (AvgIpc) is 2.97. The first-order chi connectivity index (χ1) is 14.7. The summed E-state index contributed by atoms with van der Waals surface area (Å²) < 4.78 is 0. The smallest absolute Gasteiger partial charge is 0.325 e. The normalized spacial score (nSPS) is 19.5. The van der Waals surface area contributed by atoms with Gasteiger partial charge in [-0.15, -0.1) is 0 Å². The molecule has 1 aliphatic heterocycles. The van der Waals surface area contributed by atoms with E-state index in [-0.39, 0.29) is 6.54 Å². The van der Waals surface area contributed by atoms with Crippen LogP contribution in [0.1, 0.15) is 69.6 Å². The topological polar surface area (TPSA) is 78.5 Å². The van der Waals surface area contributed by atoms with Crippen molar-refractivity contribution in [3.8, 4) is 0 Å². The number of nitrogens with one attached hydrogen (secondary N) is 2. The number of rotatable bonds is 7. The molecule has 0 aliphatic carbocycles. The second-order valence-corrected chi connectivity index (χ2v) is 8.70. The lowest BCUT2D eigenvalue weighted by Crippen LogP contribution is -2.42. The number of imide groups is 1. The molecular formula is C25H31N3O3. The van der Waals surface area contributed by atoms with Crippen LogP contribution in [0.5, 0.6) is 0 Å². The maximum absolute atomic E-state index is 13.1. The number of urea groups is 1. The third-order valence-corrected chi connectivity index (χ3v) is 6.11. The predicted octanol–water partition coefficient (Wildman–Crippen LogP) is 4.73. The number of hydrogen-bond donors (Lipinski definition) is 2. The Labute approximate surface area is 184 Å². The Hall–Kier alpha value is -3.15. The highest BCUT2D eigenvalue weighted by Gasteiger charge is 2.49. The lowest BCUT2D eigenvalue weighted by atomic mass is 9.90. The van der Waals surface area contributed by atoms with Crippen LogP contribution in [0.4, 0.5) is 10.5 Å². The van der Waals surface area contributed by atoms with Gasteiger partial charge in [-0.05, 0) is 54.0 Å². The largest absolute Gasteiger partial charge is 0.325 e. The van der Waals surface area contributed by atoms with Crippen molar-refractivity contribution in [2.24, 2.45) is 0 Å². The van der Waals surface area contributed by atoms with Gasteiger partial charge in [0.25, 0.3) is 5.91 Å². The van der Waals surface area contributed by atoms with Crippen molar-refractivity contribution in [1.82, 2.24) is 10.2 Å². The molecule has 2 atom stereocenters. The van der Waals surface area contributed by atoms with Crippen LogP contribution in [0.2, 0.25) is 0 Å². The standard InChI is InChI=1S/C25H31N3O3/c1-6-17(4)19-9-13-21(14-10-19)26-22(29)15-28-23(30)25(5,27-24(28)31)20-11-7-18(8-12-20)16(2)3/h7-14,16-17H,6,15H2,1-5H3,(H,26,29)(H,27,31)/t17-,25-/m0/s1. The summed E-state index contributed by atoms with van der Waals surface area (Å²) in [6, 6.07) is 14.7. The molecule has 6 heteroatoms. The van der Waals surface area contributed by atoms with Crippen molar-refractivity contribution in [1.29, 1.82) is 0 Å². The summed E-state index contributed by atoms with van der Waals surface area (Å²) >= 11 is 0. The van der Waals surface area contributed by atoms with Gasteiger partial charge in [0.15, 0.2) is 0 Å². The van der Waals surface area contributed by atoms with Gasteiger partial charge < -0.3 is 10.6 Å². The minimum Gasteiger partial charge on any atom is -0.325 e. The van der Waals surface area contributed by atoms with Crippen LogP contribution in [-0.4, -0.2) is 29.3 Å². The van der Waals surface area contributed by atoms with Crippen LogP contribution in [-0.2, 0) is 15.1 Å². The van der Waals surface area contributed by atoms with Gasteiger partial charge >= 0.3 is 6.03 Å². The van der Waals surface area contributed by atoms with Crippen molar-refractivity contribution < 1.29 is 14.4 Å². The molecule has 0 bridgehead atoms. The minimum absolute atomic E-state index is 0.336. The lowest BCUT2D eigenvalue weighted by molar-refractivity contribution is -0.133. The van der Waals surface area contributed by atoms with E-state index in [1.54, 1.807) is 6.92 Å².